The zero-order valence-electron chi connectivity index (χ0n) is 15.7. The molecule has 1 fully saturated rings. The highest BCUT2D eigenvalue weighted by Crippen LogP contribution is 2.31. The van der Waals surface area contributed by atoms with E-state index in [1.54, 1.807) is 12.4 Å². The number of piperidine rings is 1. The van der Waals surface area contributed by atoms with Gasteiger partial charge in [0.15, 0.2) is 0 Å². The number of aryl methyl sites for hydroxylation is 1. The number of rotatable bonds is 4. The van der Waals surface area contributed by atoms with Crippen molar-refractivity contribution < 1.29 is 4.79 Å². The fraction of sp³-hybridized carbons (Fsp3) is 0.286. The Labute approximate surface area is 163 Å². The summed E-state index contributed by atoms with van der Waals surface area (Å²) in [7, 11) is 0. The van der Waals surface area contributed by atoms with Crippen molar-refractivity contribution in [1.82, 2.24) is 19.9 Å². The van der Waals surface area contributed by atoms with Crippen LogP contribution < -0.4 is 10.6 Å². The minimum atomic E-state index is -0.222. The topological polar surface area (TPSA) is 97.9 Å². The van der Waals surface area contributed by atoms with Crippen LogP contribution in [0.15, 0.2) is 49.1 Å². The van der Waals surface area contributed by atoms with Gasteiger partial charge in [-0.15, -0.1) is 0 Å². The zero-order chi connectivity index (χ0) is 19.5. The van der Waals surface area contributed by atoms with E-state index in [-0.39, 0.29) is 11.8 Å². The lowest BCUT2D eigenvalue weighted by atomic mass is 9.96. The Morgan fingerprint density at radius 3 is 2.43 bits per heavy atom. The van der Waals surface area contributed by atoms with Crippen molar-refractivity contribution in [1.29, 1.82) is 0 Å². The number of primary amides is 1. The Bertz CT molecular complexity index is 966. The van der Waals surface area contributed by atoms with Crippen LogP contribution in [0.1, 0.15) is 18.5 Å². The van der Waals surface area contributed by atoms with Gasteiger partial charge in [0.2, 0.25) is 11.9 Å². The van der Waals surface area contributed by atoms with Crippen LogP contribution in [0, 0.1) is 12.8 Å². The van der Waals surface area contributed by atoms with Crippen LogP contribution in [0.2, 0.25) is 0 Å². The summed E-state index contributed by atoms with van der Waals surface area (Å²) in [6, 6.07) is 7.90. The van der Waals surface area contributed by atoms with Gasteiger partial charge in [-0.2, -0.15) is 0 Å². The molecule has 1 aliphatic heterocycles. The molecule has 3 aromatic heterocycles. The zero-order valence-corrected chi connectivity index (χ0v) is 15.7. The van der Waals surface area contributed by atoms with E-state index in [2.05, 4.69) is 19.9 Å². The van der Waals surface area contributed by atoms with Crippen LogP contribution in [0.25, 0.3) is 22.4 Å². The molecule has 0 aliphatic carbocycles. The van der Waals surface area contributed by atoms with E-state index < -0.39 is 0 Å². The minimum Gasteiger partial charge on any atom is -0.369 e. The standard InChI is InChI=1S/C21H22N6O/c1-14-2-3-17(12-24-14)19-18(15-4-8-23-9-5-15)13-25-21(26-19)27-10-6-16(7-11-27)20(22)28/h2-5,8-9,12-13,16H,6-7,10-11H2,1H3,(H2,22,28). The molecular formula is C21H22N6O. The van der Waals surface area contributed by atoms with Crippen LogP contribution in [-0.2, 0) is 4.79 Å². The fourth-order valence-corrected chi connectivity index (χ4v) is 3.46. The lowest BCUT2D eigenvalue weighted by Gasteiger charge is -2.30. The van der Waals surface area contributed by atoms with Crippen molar-refractivity contribution in [3.05, 3.63) is 54.7 Å². The average molecular weight is 374 g/mol. The van der Waals surface area contributed by atoms with Crippen LogP contribution in [0.4, 0.5) is 5.95 Å². The second-order valence-corrected chi connectivity index (χ2v) is 7.02. The largest absolute Gasteiger partial charge is 0.369 e. The first kappa shape index (κ1) is 18.0. The van der Waals surface area contributed by atoms with E-state index in [9.17, 15) is 4.79 Å². The van der Waals surface area contributed by atoms with Gasteiger partial charge in [-0.3, -0.25) is 14.8 Å². The van der Waals surface area contributed by atoms with Crippen molar-refractivity contribution in [2.24, 2.45) is 11.7 Å². The third-order valence-corrected chi connectivity index (χ3v) is 5.13. The highest BCUT2D eigenvalue weighted by molar-refractivity contribution is 5.80. The number of pyridine rings is 2. The quantitative estimate of drug-likeness (QED) is 0.754. The number of anilines is 1. The molecule has 1 saturated heterocycles. The molecular weight excluding hydrogens is 352 g/mol. The molecule has 0 unspecified atom stereocenters. The number of carbonyl (C=O) groups excluding carboxylic acids is 1. The first-order valence-electron chi connectivity index (χ1n) is 9.36. The molecule has 1 aliphatic rings. The van der Waals surface area contributed by atoms with Gasteiger partial charge in [0, 0.05) is 60.6 Å². The summed E-state index contributed by atoms with van der Waals surface area (Å²) in [5.41, 5.74) is 10.1. The van der Waals surface area contributed by atoms with E-state index in [0.717, 1.165) is 40.9 Å². The van der Waals surface area contributed by atoms with Gasteiger partial charge in [-0.05, 0) is 49.6 Å². The molecule has 7 nitrogen and oxygen atoms in total. The van der Waals surface area contributed by atoms with Gasteiger partial charge in [-0.25, -0.2) is 9.97 Å². The van der Waals surface area contributed by atoms with E-state index >= 15 is 0 Å². The summed E-state index contributed by atoms with van der Waals surface area (Å²) in [4.78, 5) is 31.6. The van der Waals surface area contributed by atoms with Crippen LogP contribution in [0.3, 0.4) is 0 Å². The molecule has 0 aromatic carbocycles. The van der Waals surface area contributed by atoms with E-state index in [1.165, 1.54) is 0 Å². The van der Waals surface area contributed by atoms with Gasteiger partial charge in [0.1, 0.15) is 0 Å². The summed E-state index contributed by atoms with van der Waals surface area (Å²) in [6.07, 6.45) is 8.67. The number of carbonyl (C=O) groups is 1. The van der Waals surface area contributed by atoms with Crippen molar-refractivity contribution in [2.45, 2.75) is 19.8 Å². The Morgan fingerprint density at radius 1 is 1.04 bits per heavy atom. The molecule has 0 bridgehead atoms. The number of hydrogen-bond acceptors (Lipinski definition) is 6. The highest BCUT2D eigenvalue weighted by Gasteiger charge is 2.25. The molecule has 28 heavy (non-hydrogen) atoms. The molecule has 2 N–H and O–H groups in total. The van der Waals surface area contributed by atoms with Crippen molar-refractivity contribution in [3.63, 3.8) is 0 Å². The third kappa shape index (κ3) is 3.69. The highest BCUT2D eigenvalue weighted by atomic mass is 16.1. The molecule has 0 atom stereocenters. The Kier molecular flexibility index (Phi) is 4.97. The second-order valence-electron chi connectivity index (χ2n) is 7.02. The fourth-order valence-electron chi connectivity index (χ4n) is 3.46. The summed E-state index contributed by atoms with van der Waals surface area (Å²) in [6.45, 7) is 3.39. The predicted octanol–water partition coefficient (Wildman–Crippen LogP) is 2.61. The summed E-state index contributed by atoms with van der Waals surface area (Å²) >= 11 is 0. The van der Waals surface area contributed by atoms with E-state index in [4.69, 9.17) is 10.7 Å². The van der Waals surface area contributed by atoms with Gasteiger partial charge in [0.25, 0.3) is 0 Å². The molecule has 4 heterocycles. The monoisotopic (exact) mass is 374 g/mol. The molecule has 0 radical (unpaired) electrons. The normalized spacial score (nSPS) is 14.8. The van der Waals surface area contributed by atoms with E-state index in [1.807, 2.05) is 43.6 Å². The maximum Gasteiger partial charge on any atom is 0.225 e. The van der Waals surface area contributed by atoms with Crippen LogP contribution >= 0.6 is 0 Å². The Hall–Kier alpha value is -3.35. The second kappa shape index (κ2) is 7.72. The summed E-state index contributed by atoms with van der Waals surface area (Å²) < 4.78 is 0. The van der Waals surface area contributed by atoms with Gasteiger partial charge < -0.3 is 10.6 Å². The maximum atomic E-state index is 11.4. The molecule has 142 valence electrons. The number of nitrogens with zero attached hydrogens (tertiary/aromatic N) is 5. The molecule has 3 aromatic rings. The van der Waals surface area contributed by atoms with Gasteiger partial charge in [-0.1, -0.05) is 0 Å². The lowest BCUT2D eigenvalue weighted by Crippen LogP contribution is -2.39. The number of hydrogen-bond donors (Lipinski definition) is 1. The molecule has 7 heteroatoms. The number of nitrogens with two attached hydrogens (primary N) is 1. The smallest absolute Gasteiger partial charge is 0.225 e. The van der Waals surface area contributed by atoms with Crippen molar-refractivity contribution in [3.8, 4) is 22.4 Å². The van der Waals surface area contributed by atoms with Crippen LogP contribution in [0.5, 0.6) is 0 Å². The maximum absolute atomic E-state index is 11.4. The lowest BCUT2D eigenvalue weighted by molar-refractivity contribution is -0.122. The molecule has 0 spiro atoms. The first-order chi connectivity index (χ1) is 13.6. The Balaban J connectivity index is 1.72. The van der Waals surface area contributed by atoms with Crippen LogP contribution in [-0.4, -0.2) is 38.9 Å². The molecule has 4 rings (SSSR count). The third-order valence-electron chi connectivity index (χ3n) is 5.13. The van der Waals surface area contributed by atoms with Gasteiger partial charge in [0.05, 0.1) is 5.69 Å². The molecule has 1 amide bonds. The average Bonchev–Trinajstić information content (AvgIpc) is 2.74. The first-order valence-corrected chi connectivity index (χ1v) is 9.36. The summed E-state index contributed by atoms with van der Waals surface area (Å²) in [5, 5.41) is 0. The molecule has 0 saturated carbocycles. The van der Waals surface area contributed by atoms with Gasteiger partial charge >= 0.3 is 0 Å². The predicted molar refractivity (Wildman–Crippen MR) is 107 cm³/mol. The summed E-state index contributed by atoms with van der Waals surface area (Å²) in [5.74, 6) is 0.379. The Morgan fingerprint density at radius 2 is 1.79 bits per heavy atom. The minimum absolute atomic E-state index is 0.0619. The SMILES string of the molecule is Cc1ccc(-c2nc(N3CCC(C(N)=O)CC3)ncc2-c2ccncc2)cn1. The van der Waals surface area contributed by atoms with E-state index in [0.29, 0.717) is 19.0 Å². The van der Waals surface area contributed by atoms with Crippen molar-refractivity contribution in [2.75, 3.05) is 18.0 Å². The van der Waals surface area contributed by atoms with Crippen molar-refractivity contribution >= 4 is 11.9 Å². The number of amides is 1. The number of aromatic nitrogens is 4.